The highest BCUT2D eigenvalue weighted by Gasteiger charge is 2.17. The molecule has 5 nitrogen and oxygen atoms in total. The number of aryl methyl sites for hydroxylation is 2. The predicted molar refractivity (Wildman–Crippen MR) is 121 cm³/mol. The molecule has 0 unspecified atom stereocenters. The molecule has 0 spiro atoms. The summed E-state index contributed by atoms with van der Waals surface area (Å²) in [6.07, 6.45) is 1.66. The number of para-hydroxylation sites is 2. The van der Waals surface area contributed by atoms with E-state index < -0.39 is 0 Å². The second-order valence-electron chi connectivity index (χ2n) is 7.14. The van der Waals surface area contributed by atoms with Crippen molar-refractivity contribution in [2.24, 2.45) is 0 Å². The van der Waals surface area contributed by atoms with Gasteiger partial charge < -0.3 is 5.32 Å². The normalized spacial score (nSPS) is 12.1. The topological polar surface area (TPSA) is 64.0 Å². The lowest BCUT2D eigenvalue weighted by Crippen LogP contribution is -2.26. The molecule has 0 saturated heterocycles. The summed E-state index contributed by atoms with van der Waals surface area (Å²) in [5.41, 5.74) is 3.64. The van der Waals surface area contributed by atoms with Gasteiger partial charge in [0.15, 0.2) is 5.16 Å². The number of nitrogens with zero attached hydrogens (tertiary/aromatic N) is 2. The lowest BCUT2D eigenvalue weighted by atomic mass is 10.1. The molecule has 3 aromatic rings. The van der Waals surface area contributed by atoms with Crippen LogP contribution in [0, 0.1) is 6.92 Å². The minimum absolute atomic E-state index is 0.00762. The third kappa shape index (κ3) is 4.53. The van der Waals surface area contributed by atoms with E-state index in [-0.39, 0.29) is 23.3 Å². The average Bonchev–Trinajstić information content (AvgIpc) is 2.73. The summed E-state index contributed by atoms with van der Waals surface area (Å²) in [5, 5.41) is 4.23. The van der Waals surface area contributed by atoms with E-state index in [1.807, 2.05) is 57.2 Å². The molecule has 3 rings (SSSR count). The first kappa shape index (κ1) is 21.1. The van der Waals surface area contributed by atoms with Gasteiger partial charge in [0.2, 0.25) is 5.91 Å². The number of thioether (sulfide) groups is 1. The Morgan fingerprint density at radius 3 is 2.66 bits per heavy atom. The quantitative estimate of drug-likeness (QED) is 0.442. The Kier molecular flexibility index (Phi) is 6.75. The van der Waals surface area contributed by atoms with E-state index in [0.29, 0.717) is 16.1 Å². The number of hydrogen-bond acceptors (Lipinski definition) is 4. The van der Waals surface area contributed by atoms with E-state index in [9.17, 15) is 9.59 Å². The molecule has 1 amide bonds. The Morgan fingerprint density at radius 1 is 1.17 bits per heavy atom. The monoisotopic (exact) mass is 409 g/mol. The van der Waals surface area contributed by atoms with Crippen LogP contribution >= 0.6 is 11.8 Å². The van der Waals surface area contributed by atoms with E-state index in [2.05, 4.69) is 17.2 Å². The van der Waals surface area contributed by atoms with Gasteiger partial charge in [-0.1, -0.05) is 55.9 Å². The second kappa shape index (κ2) is 9.27. The number of amides is 1. The van der Waals surface area contributed by atoms with Gasteiger partial charge in [-0.15, -0.1) is 0 Å². The largest absolute Gasteiger partial charge is 0.325 e. The number of benzene rings is 2. The average molecular weight is 410 g/mol. The smallest absolute Gasteiger partial charge is 0.262 e. The summed E-state index contributed by atoms with van der Waals surface area (Å²) >= 11 is 1.31. The van der Waals surface area contributed by atoms with Gasteiger partial charge in [-0.3, -0.25) is 14.2 Å². The highest BCUT2D eigenvalue weighted by atomic mass is 32.2. The first-order valence-corrected chi connectivity index (χ1v) is 11.0. The lowest BCUT2D eigenvalue weighted by Gasteiger charge is -2.18. The van der Waals surface area contributed by atoms with Crippen molar-refractivity contribution in [2.75, 3.05) is 11.1 Å². The minimum Gasteiger partial charge on any atom is -0.325 e. The van der Waals surface area contributed by atoms with Gasteiger partial charge in [-0.2, -0.15) is 0 Å². The molecule has 0 bridgehead atoms. The fourth-order valence-corrected chi connectivity index (χ4v) is 4.20. The first-order chi connectivity index (χ1) is 14.0. The third-order valence-electron chi connectivity index (χ3n) is 5.14. The van der Waals surface area contributed by atoms with Crippen LogP contribution in [0.1, 0.15) is 44.4 Å². The van der Waals surface area contributed by atoms with Crippen LogP contribution in [0.15, 0.2) is 52.4 Å². The summed E-state index contributed by atoms with van der Waals surface area (Å²) < 4.78 is 1.71. The Labute approximate surface area is 175 Å². The van der Waals surface area contributed by atoms with E-state index in [0.717, 1.165) is 29.7 Å². The van der Waals surface area contributed by atoms with Crippen molar-refractivity contribution in [1.29, 1.82) is 0 Å². The number of aromatic nitrogens is 2. The van der Waals surface area contributed by atoms with Crippen molar-refractivity contribution in [1.82, 2.24) is 9.55 Å². The molecular formula is C23H27N3O2S. The van der Waals surface area contributed by atoms with Crippen LogP contribution in [0.25, 0.3) is 10.9 Å². The standard InChI is InChI=1S/C23H27N3O2S/c1-5-16(4)26-22(28)18-12-7-8-13-19(18)24-23(26)29-14-20(27)25-21-15(3)10-9-11-17(21)6-2/h7-13,16H,5-6,14H2,1-4H3,(H,25,27)/t16-/m1/s1. The fraction of sp³-hybridized carbons (Fsp3) is 0.348. The fourth-order valence-electron chi connectivity index (χ4n) is 3.31. The summed E-state index contributed by atoms with van der Waals surface area (Å²) in [6.45, 7) is 8.11. The van der Waals surface area contributed by atoms with Crippen LogP contribution in [-0.4, -0.2) is 21.2 Å². The van der Waals surface area contributed by atoms with Crippen molar-refractivity contribution in [3.8, 4) is 0 Å². The second-order valence-corrected chi connectivity index (χ2v) is 8.09. The van der Waals surface area contributed by atoms with E-state index in [4.69, 9.17) is 0 Å². The SMILES string of the molecule is CCc1cccc(C)c1NC(=O)CSc1nc2ccccc2c(=O)n1[C@H](C)CC. The summed E-state index contributed by atoms with van der Waals surface area (Å²) in [6, 6.07) is 13.4. The Balaban J connectivity index is 1.87. The number of fused-ring (bicyclic) bond motifs is 1. The molecule has 1 heterocycles. The maximum absolute atomic E-state index is 13.0. The Hall–Kier alpha value is -2.60. The number of carbonyl (C=O) groups is 1. The number of carbonyl (C=O) groups excluding carboxylic acids is 1. The van der Waals surface area contributed by atoms with E-state index >= 15 is 0 Å². The van der Waals surface area contributed by atoms with Crippen molar-refractivity contribution < 1.29 is 4.79 Å². The highest BCUT2D eigenvalue weighted by Crippen LogP contribution is 2.24. The molecule has 0 fully saturated rings. The van der Waals surface area contributed by atoms with Crippen LogP contribution in [0.5, 0.6) is 0 Å². The zero-order chi connectivity index (χ0) is 21.0. The molecule has 1 aromatic heterocycles. The molecule has 2 aromatic carbocycles. The molecule has 0 aliphatic heterocycles. The van der Waals surface area contributed by atoms with Gasteiger partial charge in [-0.05, 0) is 49.9 Å². The molecule has 0 radical (unpaired) electrons. The number of hydrogen-bond donors (Lipinski definition) is 1. The van der Waals surface area contributed by atoms with Gasteiger partial charge >= 0.3 is 0 Å². The first-order valence-electron chi connectivity index (χ1n) is 9.98. The molecule has 152 valence electrons. The zero-order valence-electron chi connectivity index (χ0n) is 17.4. The Morgan fingerprint density at radius 2 is 1.93 bits per heavy atom. The molecular weight excluding hydrogens is 382 g/mol. The maximum Gasteiger partial charge on any atom is 0.262 e. The minimum atomic E-state index is -0.0999. The third-order valence-corrected chi connectivity index (χ3v) is 6.10. The van der Waals surface area contributed by atoms with Crippen molar-refractivity contribution in [3.63, 3.8) is 0 Å². The Bertz CT molecular complexity index is 1090. The van der Waals surface area contributed by atoms with Gasteiger partial charge in [0.25, 0.3) is 5.56 Å². The van der Waals surface area contributed by atoms with Gasteiger partial charge in [0.1, 0.15) is 0 Å². The number of nitrogens with one attached hydrogen (secondary N) is 1. The van der Waals surface area contributed by atoms with Crippen molar-refractivity contribution >= 4 is 34.3 Å². The van der Waals surface area contributed by atoms with Crippen molar-refractivity contribution in [3.05, 3.63) is 63.9 Å². The van der Waals surface area contributed by atoms with Crippen LogP contribution in [0.2, 0.25) is 0 Å². The highest BCUT2D eigenvalue weighted by molar-refractivity contribution is 7.99. The molecule has 1 atom stereocenters. The summed E-state index contributed by atoms with van der Waals surface area (Å²) in [4.78, 5) is 30.4. The van der Waals surface area contributed by atoms with Crippen LogP contribution < -0.4 is 10.9 Å². The maximum atomic E-state index is 13.0. The van der Waals surface area contributed by atoms with Crippen LogP contribution in [0.4, 0.5) is 5.69 Å². The molecule has 0 saturated carbocycles. The van der Waals surface area contributed by atoms with Crippen LogP contribution in [-0.2, 0) is 11.2 Å². The molecule has 0 aliphatic rings. The van der Waals surface area contributed by atoms with E-state index in [1.165, 1.54) is 11.8 Å². The molecule has 6 heteroatoms. The molecule has 1 N–H and O–H groups in total. The van der Waals surface area contributed by atoms with Crippen molar-refractivity contribution in [2.45, 2.75) is 51.7 Å². The van der Waals surface area contributed by atoms with E-state index in [1.54, 1.807) is 10.6 Å². The number of anilines is 1. The van der Waals surface area contributed by atoms with Crippen LogP contribution in [0.3, 0.4) is 0 Å². The summed E-state index contributed by atoms with van der Waals surface area (Å²) in [7, 11) is 0. The van der Waals surface area contributed by atoms with Gasteiger partial charge in [0.05, 0.1) is 16.7 Å². The number of rotatable bonds is 7. The predicted octanol–water partition coefficient (Wildman–Crippen LogP) is 4.97. The molecule has 29 heavy (non-hydrogen) atoms. The molecule has 0 aliphatic carbocycles. The van der Waals surface area contributed by atoms with Gasteiger partial charge in [0, 0.05) is 11.7 Å². The summed E-state index contributed by atoms with van der Waals surface area (Å²) in [5.74, 6) is 0.0933. The zero-order valence-corrected chi connectivity index (χ0v) is 18.2. The lowest BCUT2D eigenvalue weighted by molar-refractivity contribution is -0.113. The van der Waals surface area contributed by atoms with Gasteiger partial charge in [-0.25, -0.2) is 4.98 Å².